The minimum absolute atomic E-state index is 0.205. The number of rotatable bonds is 1. The summed E-state index contributed by atoms with van der Waals surface area (Å²) in [6.45, 7) is 2.19. The summed E-state index contributed by atoms with van der Waals surface area (Å²) in [5, 5.41) is 3.03. The third-order valence-corrected chi connectivity index (χ3v) is 1.11. The molecule has 0 aromatic carbocycles. The van der Waals surface area contributed by atoms with Crippen molar-refractivity contribution >= 4 is 6.29 Å². The predicted octanol–water partition coefficient (Wildman–Crippen LogP) is -0.826. The fraction of sp³-hybridized carbons (Fsp3) is 0.800. The summed E-state index contributed by atoms with van der Waals surface area (Å²) >= 11 is 0. The summed E-state index contributed by atoms with van der Waals surface area (Å²) in [7, 11) is 0. The van der Waals surface area contributed by atoms with Crippen LogP contribution in [-0.2, 0) is 9.53 Å². The quantitative estimate of drug-likeness (QED) is 0.453. The van der Waals surface area contributed by atoms with Gasteiger partial charge in [0, 0.05) is 13.1 Å². The summed E-state index contributed by atoms with van der Waals surface area (Å²) < 4.78 is 5.00. The van der Waals surface area contributed by atoms with E-state index >= 15 is 0 Å². The Hall–Kier alpha value is -0.410. The molecular formula is C5H9NO2. The summed E-state index contributed by atoms with van der Waals surface area (Å²) in [4.78, 5) is 9.99. The third-order valence-electron chi connectivity index (χ3n) is 1.11. The van der Waals surface area contributed by atoms with Crippen LogP contribution in [0.25, 0.3) is 0 Å². The van der Waals surface area contributed by atoms with Gasteiger partial charge in [-0.1, -0.05) is 0 Å². The number of hydrogen-bond donors (Lipinski definition) is 1. The van der Waals surface area contributed by atoms with Crippen LogP contribution in [0.2, 0.25) is 0 Å². The highest BCUT2D eigenvalue weighted by atomic mass is 16.5. The smallest absolute Gasteiger partial charge is 0.150 e. The van der Waals surface area contributed by atoms with Crippen LogP contribution in [0.5, 0.6) is 0 Å². The number of nitrogens with one attached hydrogen (secondary N) is 1. The van der Waals surface area contributed by atoms with Crippen LogP contribution < -0.4 is 5.32 Å². The predicted molar refractivity (Wildman–Crippen MR) is 28.7 cm³/mol. The minimum Gasteiger partial charge on any atom is -0.368 e. The molecule has 1 N–H and O–H groups in total. The van der Waals surface area contributed by atoms with E-state index in [2.05, 4.69) is 5.32 Å². The standard InChI is InChI=1S/C5H9NO2/c7-4-5-3-6-1-2-8-5/h4-6H,1-3H2/t5-/m0/s1. The fourth-order valence-corrected chi connectivity index (χ4v) is 0.673. The van der Waals surface area contributed by atoms with Gasteiger partial charge in [0.05, 0.1) is 6.61 Å². The molecular weight excluding hydrogens is 106 g/mol. The number of ether oxygens (including phenoxy) is 1. The molecule has 3 nitrogen and oxygen atoms in total. The zero-order chi connectivity index (χ0) is 5.82. The van der Waals surface area contributed by atoms with Crippen molar-refractivity contribution in [2.75, 3.05) is 19.7 Å². The van der Waals surface area contributed by atoms with Crippen LogP contribution in [0.3, 0.4) is 0 Å². The van der Waals surface area contributed by atoms with Crippen LogP contribution in [0.4, 0.5) is 0 Å². The maximum absolute atomic E-state index is 9.99. The van der Waals surface area contributed by atoms with Crippen LogP contribution in [-0.4, -0.2) is 32.1 Å². The minimum atomic E-state index is -0.205. The lowest BCUT2D eigenvalue weighted by molar-refractivity contribution is -0.119. The molecule has 1 heterocycles. The molecule has 1 atom stereocenters. The largest absolute Gasteiger partial charge is 0.368 e. The molecule has 3 heteroatoms. The van der Waals surface area contributed by atoms with Crippen molar-refractivity contribution in [1.29, 1.82) is 0 Å². The first-order valence-corrected chi connectivity index (χ1v) is 2.71. The molecule has 0 amide bonds. The van der Waals surface area contributed by atoms with E-state index in [4.69, 9.17) is 4.74 Å². The topological polar surface area (TPSA) is 38.3 Å². The molecule has 46 valence electrons. The molecule has 0 aromatic heterocycles. The molecule has 0 bridgehead atoms. The van der Waals surface area contributed by atoms with Gasteiger partial charge in [0.25, 0.3) is 0 Å². The van der Waals surface area contributed by atoms with Gasteiger partial charge in [-0.25, -0.2) is 0 Å². The van der Waals surface area contributed by atoms with Crippen molar-refractivity contribution in [2.24, 2.45) is 0 Å². The van der Waals surface area contributed by atoms with E-state index in [0.717, 1.165) is 12.8 Å². The molecule has 0 saturated carbocycles. The van der Waals surface area contributed by atoms with Crippen molar-refractivity contribution in [2.45, 2.75) is 6.10 Å². The first-order chi connectivity index (χ1) is 3.93. The molecule has 1 saturated heterocycles. The van der Waals surface area contributed by atoms with Crippen molar-refractivity contribution in [3.8, 4) is 0 Å². The first kappa shape index (κ1) is 5.72. The maximum atomic E-state index is 9.99. The third kappa shape index (κ3) is 1.28. The van der Waals surface area contributed by atoms with Crippen molar-refractivity contribution in [1.82, 2.24) is 5.32 Å². The van der Waals surface area contributed by atoms with Gasteiger partial charge in [-0.2, -0.15) is 0 Å². The summed E-state index contributed by atoms with van der Waals surface area (Å²) in [5.74, 6) is 0. The zero-order valence-electron chi connectivity index (χ0n) is 4.59. The van der Waals surface area contributed by atoms with Crippen LogP contribution in [0.1, 0.15) is 0 Å². The number of aldehydes is 1. The molecule has 0 unspecified atom stereocenters. The SMILES string of the molecule is O=C[C@@H]1CNCCO1. The van der Waals surface area contributed by atoms with Gasteiger partial charge in [-0.3, -0.25) is 0 Å². The second-order valence-electron chi connectivity index (χ2n) is 1.75. The number of hydrogen-bond acceptors (Lipinski definition) is 3. The van der Waals surface area contributed by atoms with Crippen molar-refractivity contribution in [3.63, 3.8) is 0 Å². The van der Waals surface area contributed by atoms with Gasteiger partial charge in [-0.15, -0.1) is 0 Å². The lowest BCUT2D eigenvalue weighted by Gasteiger charge is -2.17. The fourth-order valence-electron chi connectivity index (χ4n) is 0.673. The number of carbonyl (C=O) groups excluding carboxylic acids is 1. The Morgan fingerprint density at radius 3 is 3.00 bits per heavy atom. The molecule has 0 aromatic rings. The van der Waals surface area contributed by atoms with E-state index in [1.807, 2.05) is 0 Å². The highest BCUT2D eigenvalue weighted by Gasteiger charge is 2.09. The van der Waals surface area contributed by atoms with Crippen LogP contribution in [0, 0.1) is 0 Å². The highest BCUT2D eigenvalue weighted by molar-refractivity contribution is 5.56. The van der Waals surface area contributed by atoms with E-state index in [9.17, 15) is 4.79 Å². The Labute approximate surface area is 48.0 Å². The van der Waals surface area contributed by atoms with E-state index < -0.39 is 0 Å². The molecule has 8 heavy (non-hydrogen) atoms. The van der Waals surface area contributed by atoms with Gasteiger partial charge in [0.2, 0.25) is 0 Å². The van der Waals surface area contributed by atoms with Gasteiger partial charge < -0.3 is 14.8 Å². The lowest BCUT2D eigenvalue weighted by atomic mass is 10.3. The molecule has 1 rings (SSSR count). The second kappa shape index (κ2) is 2.79. The van der Waals surface area contributed by atoms with Gasteiger partial charge in [0.1, 0.15) is 12.4 Å². The molecule has 1 aliphatic heterocycles. The number of morpholine rings is 1. The lowest BCUT2D eigenvalue weighted by Crippen LogP contribution is -2.39. The Balaban J connectivity index is 2.22. The molecule has 0 aliphatic carbocycles. The van der Waals surface area contributed by atoms with Crippen LogP contribution in [0.15, 0.2) is 0 Å². The Bertz CT molecular complexity index is 78.5. The highest BCUT2D eigenvalue weighted by Crippen LogP contribution is 1.89. The van der Waals surface area contributed by atoms with E-state index in [1.165, 1.54) is 0 Å². The normalized spacial score (nSPS) is 29.8. The van der Waals surface area contributed by atoms with Crippen molar-refractivity contribution in [3.05, 3.63) is 0 Å². The number of carbonyl (C=O) groups is 1. The summed E-state index contributed by atoms with van der Waals surface area (Å²) in [6.07, 6.45) is 0.621. The van der Waals surface area contributed by atoms with Crippen molar-refractivity contribution < 1.29 is 9.53 Å². The van der Waals surface area contributed by atoms with E-state index in [-0.39, 0.29) is 6.10 Å². The van der Waals surface area contributed by atoms with E-state index in [0.29, 0.717) is 13.2 Å². The second-order valence-corrected chi connectivity index (χ2v) is 1.75. The Morgan fingerprint density at radius 1 is 1.75 bits per heavy atom. The molecule has 0 radical (unpaired) electrons. The monoisotopic (exact) mass is 115 g/mol. The molecule has 1 aliphatic rings. The molecule has 0 spiro atoms. The maximum Gasteiger partial charge on any atom is 0.150 e. The Morgan fingerprint density at radius 2 is 2.62 bits per heavy atom. The van der Waals surface area contributed by atoms with E-state index in [1.54, 1.807) is 0 Å². The zero-order valence-corrected chi connectivity index (χ0v) is 4.59. The molecule has 1 fully saturated rings. The van der Waals surface area contributed by atoms with Gasteiger partial charge in [-0.05, 0) is 0 Å². The average Bonchev–Trinajstić information content (AvgIpc) is 1.90. The van der Waals surface area contributed by atoms with Gasteiger partial charge >= 0.3 is 0 Å². The average molecular weight is 115 g/mol. The summed E-state index contributed by atoms with van der Waals surface area (Å²) in [6, 6.07) is 0. The summed E-state index contributed by atoms with van der Waals surface area (Å²) in [5.41, 5.74) is 0. The van der Waals surface area contributed by atoms with Gasteiger partial charge in [0.15, 0.2) is 0 Å². The van der Waals surface area contributed by atoms with Crippen LogP contribution >= 0.6 is 0 Å². The first-order valence-electron chi connectivity index (χ1n) is 2.71. The Kier molecular flexibility index (Phi) is 2.00.